The van der Waals surface area contributed by atoms with Crippen LogP contribution in [0.2, 0.25) is 0 Å². The molecule has 0 bridgehead atoms. The summed E-state index contributed by atoms with van der Waals surface area (Å²) in [6, 6.07) is 4.34. The highest BCUT2D eigenvalue weighted by atomic mass is 19.1. The maximum atomic E-state index is 14.0. The Morgan fingerprint density at radius 3 is 2.71 bits per heavy atom. The summed E-state index contributed by atoms with van der Waals surface area (Å²) < 4.78 is 15.8. The number of hydrogen-bond donors (Lipinski definition) is 1. The number of para-hydroxylation sites is 1. The van der Waals surface area contributed by atoms with Crippen molar-refractivity contribution in [1.29, 1.82) is 0 Å². The van der Waals surface area contributed by atoms with Crippen LogP contribution in [0.25, 0.3) is 11.0 Å². The fourth-order valence-electron chi connectivity index (χ4n) is 3.34. The molecule has 1 aliphatic rings. The number of fused-ring (bicyclic) bond motifs is 1. The SMILES string of the molecule is CCC[C@]1(C)NC(=O)N(Cc2nc3c(F)cccc3n2CC)C1=O. The molecule has 1 N–H and O–H groups in total. The molecule has 1 aromatic carbocycles. The van der Waals surface area contributed by atoms with Gasteiger partial charge in [0, 0.05) is 6.54 Å². The maximum absolute atomic E-state index is 14.0. The van der Waals surface area contributed by atoms with E-state index in [9.17, 15) is 14.0 Å². The van der Waals surface area contributed by atoms with E-state index in [1.54, 1.807) is 19.1 Å². The number of nitrogens with zero attached hydrogens (tertiary/aromatic N) is 3. The number of carbonyl (C=O) groups excluding carboxylic acids is 2. The third-order valence-electron chi connectivity index (χ3n) is 4.52. The average molecular weight is 332 g/mol. The molecule has 128 valence electrons. The summed E-state index contributed by atoms with van der Waals surface area (Å²) in [7, 11) is 0. The number of halogens is 1. The third-order valence-corrected chi connectivity index (χ3v) is 4.52. The van der Waals surface area contributed by atoms with E-state index in [-0.39, 0.29) is 18.0 Å². The second kappa shape index (κ2) is 5.89. The first-order valence-electron chi connectivity index (χ1n) is 8.19. The molecule has 2 heterocycles. The van der Waals surface area contributed by atoms with Crippen LogP contribution < -0.4 is 5.32 Å². The Bertz CT molecular complexity index is 816. The van der Waals surface area contributed by atoms with Gasteiger partial charge in [-0.3, -0.25) is 9.69 Å². The highest BCUT2D eigenvalue weighted by Crippen LogP contribution is 2.26. The molecule has 1 aliphatic heterocycles. The molecule has 1 fully saturated rings. The molecule has 6 nitrogen and oxygen atoms in total. The standard InChI is InChI=1S/C17H21FN4O2/c1-4-9-17(3)15(23)22(16(24)20-17)10-13-19-14-11(18)7-6-8-12(14)21(13)5-2/h6-8H,4-5,9-10H2,1-3H3,(H,20,24)/t17-/m0/s1. The summed E-state index contributed by atoms with van der Waals surface area (Å²) in [5.74, 6) is -0.166. The number of rotatable bonds is 5. The Morgan fingerprint density at radius 2 is 2.04 bits per heavy atom. The minimum atomic E-state index is -0.875. The van der Waals surface area contributed by atoms with E-state index in [2.05, 4.69) is 10.3 Å². The molecule has 0 unspecified atom stereocenters. The molecule has 24 heavy (non-hydrogen) atoms. The lowest BCUT2D eigenvalue weighted by atomic mass is 9.96. The summed E-state index contributed by atoms with van der Waals surface area (Å²) in [5, 5.41) is 2.76. The van der Waals surface area contributed by atoms with Gasteiger partial charge in [-0.25, -0.2) is 14.2 Å². The van der Waals surface area contributed by atoms with Crippen molar-refractivity contribution < 1.29 is 14.0 Å². The fourth-order valence-corrected chi connectivity index (χ4v) is 3.34. The molecule has 0 spiro atoms. The number of urea groups is 1. The average Bonchev–Trinajstić information content (AvgIpc) is 2.99. The van der Waals surface area contributed by atoms with Gasteiger partial charge in [-0.15, -0.1) is 0 Å². The van der Waals surface area contributed by atoms with E-state index in [0.29, 0.717) is 24.3 Å². The number of hydrogen-bond acceptors (Lipinski definition) is 3. The summed E-state index contributed by atoms with van der Waals surface area (Å²) in [5.41, 5.74) is 0.0498. The van der Waals surface area contributed by atoms with Gasteiger partial charge in [0.25, 0.3) is 5.91 Å². The van der Waals surface area contributed by atoms with Gasteiger partial charge in [0.15, 0.2) is 5.82 Å². The molecule has 1 aromatic heterocycles. The second-order valence-corrected chi connectivity index (χ2v) is 6.28. The molecule has 1 atom stereocenters. The van der Waals surface area contributed by atoms with E-state index < -0.39 is 17.4 Å². The molecule has 3 amide bonds. The van der Waals surface area contributed by atoms with E-state index in [4.69, 9.17) is 0 Å². The molecule has 3 rings (SSSR count). The highest BCUT2D eigenvalue weighted by molar-refractivity contribution is 6.06. The summed E-state index contributed by atoms with van der Waals surface area (Å²) >= 11 is 0. The Balaban J connectivity index is 1.97. The van der Waals surface area contributed by atoms with Crippen LogP contribution in [0.5, 0.6) is 0 Å². The van der Waals surface area contributed by atoms with Gasteiger partial charge in [-0.05, 0) is 32.4 Å². The molecule has 7 heteroatoms. The van der Waals surface area contributed by atoms with Gasteiger partial charge in [-0.1, -0.05) is 19.4 Å². The van der Waals surface area contributed by atoms with Crippen LogP contribution in [-0.2, 0) is 17.9 Å². The second-order valence-electron chi connectivity index (χ2n) is 6.28. The number of aryl methyl sites for hydroxylation is 1. The van der Waals surface area contributed by atoms with Crippen LogP contribution in [0.3, 0.4) is 0 Å². The van der Waals surface area contributed by atoms with Crippen LogP contribution in [0.1, 0.15) is 39.4 Å². The molecule has 0 aliphatic carbocycles. The number of amides is 3. The predicted molar refractivity (Wildman–Crippen MR) is 87.8 cm³/mol. The molecule has 0 radical (unpaired) electrons. The zero-order chi connectivity index (χ0) is 17.5. The number of aromatic nitrogens is 2. The lowest BCUT2D eigenvalue weighted by Gasteiger charge is -2.20. The van der Waals surface area contributed by atoms with Crippen molar-refractivity contribution in [3.8, 4) is 0 Å². The van der Waals surface area contributed by atoms with Crippen molar-refractivity contribution in [3.63, 3.8) is 0 Å². The Morgan fingerprint density at radius 1 is 1.29 bits per heavy atom. The molecular formula is C17H21FN4O2. The Labute approximate surface area is 139 Å². The zero-order valence-corrected chi connectivity index (χ0v) is 14.1. The van der Waals surface area contributed by atoms with Crippen molar-refractivity contribution in [3.05, 3.63) is 29.8 Å². The largest absolute Gasteiger partial charge is 0.327 e. The summed E-state index contributed by atoms with van der Waals surface area (Å²) in [6.45, 7) is 6.23. The van der Waals surface area contributed by atoms with Crippen LogP contribution in [-0.4, -0.2) is 31.9 Å². The van der Waals surface area contributed by atoms with Crippen molar-refractivity contribution in [2.24, 2.45) is 0 Å². The molecule has 2 aromatic rings. The summed E-state index contributed by atoms with van der Waals surface area (Å²) in [4.78, 5) is 30.4. The Kier molecular flexibility index (Phi) is 4.03. The van der Waals surface area contributed by atoms with Crippen LogP contribution >= 0.6 is 0 Å². The monoisotopic (exact) mass is 332 g/mol. The number of imidazole rings is 1. The first-order chi connectivity index (χ1) is 11.4. The quantitative estimate of drug-likeness (QED) is 0.856. The number of carbonyl (C=O) groups is 2. The van der Waals surface area contributed by atoms with E-state index in [1.165, 1.54) is 11.0 Å². The van der Waals surface area contributed by atoms with Gasteiger partial charge in [0.2, 0.25) is 0 Å². The van der Waals surface area contributed by atoms with Gasteiger partial charge in [0.05, 0.1) is 12.1 Å². The predicted octanol–water partition coefficient (Wildman–Crippen LogP) is 2.81. The summed E-state index contributed by atoms with van der Waals surface area (Å²) in [6.07, 6.45) is 1.36. The van der Waals surface area contributed by atoms with Crippen LogP contribution in [0.4, 0.5) is 9.18 Å². The Hall–Kier alpha value is -2.44. The van der Waals surface area contributed by atoms with Crippen LogP contribution in [0, 0.1) is 5.82 Å². The van der Waals surface area contributed by atoms with E-state index in [0.717, 1.165) is 6.42 Å². The number of benzene rings is 1. The minimum Gasteiger partial charge on any atom is -0.327 e. The first kappa shape index (κ1) is 16.4. The van der Waals surface area contributed by atoms with Crippen molar-refractivity contribution in [2.45, 2.75) is 52.2 Å². The van der Waals surface area contributed by atoms with Crippen LogP contribution in [0.15, 0.2) is 18.2 Å². The van der Waals surface area contributed by atoms with Gasteiger partial charge in [-0.2, -0.15) is 0 Å². The highest BCUT2D eigenvalue weighted by Gasteiger charge is 2.47. The van der Waals surface area contributed by atoms with Gasteiger partial charge >= 0.3 is 6.03 Å². The van der Waals surface area contributed by atoms with E-state index in [1.807, 2.05) is 18.4 Å². The van der Waals surface area contributed by atoms with Crippen molar-refractivity contribution in [1.82, 2.24) is 19.8 Å². The topological polar surface area (TPSA) is 67.2 Å². The molecular weight excluding hydrogens is 311 g/mol. The maximum Gasteiger partial charge on any atom is 0.325 e. The third kappa shape index (κ3) is 2.44. The molecule has 0 saturated carbocycles. The van der Waals surface area contributed by atoms with E-state index >= 15 is 0 Å². The number of nitrogens with one attached hydrogen (secondary N) is 1. The zero-order valence-electron chi connectivity index (χ0n) is 14.1. The molecule has 1 saturated heterocycles. The lowest BCUT2D eigenvalue weighted by molar-refractivity contribution is -0.131. The number of imide groups is 1. The van der Waals surface area contributed by atoms with Gasteiger partial charge < -0.3 is 9.88 Å². The lowest BCUT2D eigenvalue weighted by Crippen LogP contribution is -2.43. The fraction of sp³-hybridized carbons (Fsp3) is 0.471. The van der Waals surface area contributed by atoms with Crippen molar-refractivity contribution >= 4 is 23.0 Å². The van der Waals surface area contributed by atoms with Crippen molar-refractivity contribution in [2.75, 3.05) is 0 Å². The van der Waals surface area contributed by atoms with Gasteiger partial charge in [0.1, 0.15) is 16.9 Å². The first-order valence-corrected chi connectivity index (χ1v) is 8.19. The minimum absolute atomic E-state index is 0.0337. The smallest absolute Gasteiger partial charge is 0.325 e. The normalized spacial score (nSPS) is 20.9.